The maximum absolute atomic E-state index is 13.2. The molecule has 34 heavy (non-hydrogen) atoms. The molecule has 0 spiro atoms. The van der Waals surface area contributed by atoms with Crippen LogP contribution in [0.1, 0.15) is 0 Å². The zero-order chi connectivity index (χ0) is 23.5. The molecule has 1 aliphatic heterocycles. The fourth-order valence-corrected chi connectivity index (χ4v) is 5.33. The highest BCUT2D eigenvalue weighted by Crippen LogP contribution is 2.27. The number of rotatable bonds is 6. The highest BCUT2D eigenvalue weighted by Gasteiger charge is 2.30. The summed E-state index contributed by atoms with van der Waals surface area (Å²) in [6.07, 6.45) is 0. The van der Waals surface area contributed by atoms with Crippen LogP contribution in [-0.4, -0.2) is 56.2 Å². The molecule has 1 aromatic heterocycles. The second kappa shape index (κ2) is 9.28. The number of aromatic nitrogens is 2. The van der Waals surface area contributed by atoms with Gasteiger partial charge >= 0.3 is 6.01 Å². The van der Waals surface area contributed by atoms with E-state index in [1.54, 1.807) is 19.2 Å². The minimum absolute atomic E-state index is 0.292. The predicted octanol–water partition coefficient (Wildman–Crippen LogP) is 3.92. The first kappa shape index (κ1) is 22.1. The molecule has 1 fully saturated rings. The van der Waals surface area contributed by atoms with Gasteiger partial charge in [0.2, 0.25) is 15.9 Å². The van der Waals surface area contributed by atoms with Gasteiger partial charge in [0.05, 0.1) is 12.0 Å². The lowest BCUT2D eigenvalue weighted by Crippen LogP contribution is -2.48. The van der Waals surface area contributed by atoms with Crippen LogP contribution in [0.25, 0.3) is 22.6 Å². The Labute approximate surface area is 198 Å². The van der Waals surface area contributed by atoms with Crippen LogP contribution in [0.4, 0.5) is 6.01 Å². The highest BCUT2D eigenvalue weighted by atomic mass is 32.2. The van der Waals surface area contributed by atoms with Crippen molar-refractivity contribution in [3.8, 4) is 28.3 Å². The first-order valence-corrected chi connectivity index (χ1v) is 12.4. The van der Waals surface area contributed by atoms with Crippen molar-refractivity contribution in [3.05, 3.63) is 78.9 Å². The third kappa shape index (κ3) is 4.40. The molecular weight excluding hydrogens is 452 g/mol. The lowest BCUT2D eigenvalue weighted by Gasteiger charge is -2.32. The Kier molecular flexibility index (Phi) is 6.04. The van der Waals surface area contributed by atoms with Crippen LogP contribution in [0.3, 0.4) is 0 Å². The zero-order valence-electron chi connectivity index (χ0n) is 18.7. The molecule has 0 N–H and O–H groups in total. The second-order valence-corrected chi connectivity index (χ2v) is 9.84. The van der Waals surface area contributed by atoms with Crippen molar-refractivity contribution in [2.45, 2.75) is 4.90 Å². The molecule has 0 bridgehead atoms. The van der Waals surface area contributed by atoms with E-state index in [1.807, 2.05) is 71.6 Å². The number of methoxy groups -OCH3 is 1. The molecule has 0 amide bonds. The summed E-state index contributed by atoms with van der Waals surface area (Å²) in [5.41, 5.74) is 2.82. The summed E-state index contributed by atoms with van der Waals surface area (Å²) in [5, 5.41) is 8.29. The Balaban J connectivity index is 1.24. The van der Waals surface area contributed by atoms with Crippen LogP contribution < -0.4 is 9.64 Å². The van der Waals surface area contributed by atoms with Gasteiger partial charge in [-0.15, -0.1) is 5.10 Å². The standard InChI is InChI=1S/C25H24N4O4S/c1-32-22-11-7-21(8-12-22)24-26-27-25(33-24)28-15-17-29(18-16-28)34(30,31)23-13-9-20(10-14-23)19-5-3-2-4-6-19/h2-14H,15-18H2,1H3. The van der Waals surface area contributed by atoms with E-state index in [0.29, 0.717) is 43.0 Å². The number of hydrogen-bond acceptors (Lipinski definition) is 7. The third-order valence-corrected chi connectivity index (χ3v) is 7.77. The summed E-state index contributed by atoms with van der Waals surface area (Å²) in [6, 6.07) is 24.7. The fraction of sp³-hybridized carbons (Fsp3) is 0.200. The molecule has 5 rings (SSSR count). The van der Waals surface area contributed by atoms with Crippen LogP contribution in [0.5, 0.6) is 5.75 Å². The van der Waals surface area contributed by atoms with Crippen molar-refractivity contribution in [3.63, 3.8) is 0 Å². The van der Waals surface area contributed by atoms with E-state index in [1.165, 1.54) is 4.31 Å². The van der Waals surface area contributed by atoms with Gasteiger partial charge in [0.15, 0.2) is 0 Å². The fourth-order valence-electron chi connectivity index (χ4n) is 3.91. The number of nitrogens with zero attached hydrogens (tertiary/aromatic N) is 4. The van der Waals surface area contributed by atoms with E-state index in [-0.39, 0.29) is 0 Å². The molecule has 0 aliphatic carbocycles. The molecule has 1 saturated heterocycles. The minimum atomic E-state index is -3.58. The maximum Gasteiger partial charge on any atom is 0.318 e. The van der Waals surface area contributed by atoms with E-state index in [2.05, 4.69) is 10.2 Å². The van der Waals surface area contributed by atoms with Gasteiger partial charge in [0.25, 0.3) is 0 Å². The quantitative estimate of drug-likeness (QED) is 0.417. The summed E-state index contributed by atoms with van der Waals surface area (Å²) in [7, 11) is -1.97. The number of piperazine rings is 1. The van der Waals surface area contributed by atoms with E-state index >= 15 is 0 Å². The van der Waals surface area contributed by atoms with Gasteiger partial charge in [0.1, 0.15) is 5.75 Å². The Morgan fingerprint density at radius 3 is 2.03 bits per heavy atom. The monoisotopic (exact) mass is 476 g/mol. The summed E-state index contributed by atoms with van der Waals surface area (Å²) in [4.78, 5) is 2.20. The maximum atomic E-state index is 13.2. The molecule has 0 saturated carbocycles. The van der Waals surface area contributed by atoms with Crippen molar-refractivity contribution >= 4 is 16.0 Å². The summed E-state index contributed by atoms with van der Waals surface area (Å²) < 4.78 is 38.8. The molecule has 8 nitrogen and oxygen atoms in total. The molecule has 4 aromatic rings. The number of benzene rings is 3. The summed E-state index contributed by atoms with van der Waals surface area (Å²) in [5.74, 6) is 1.15. The van der Waals surface area contributed by atoms with Crippen molar-refractivity contribution in [2.75, 3.05) is 38.2 Å². The Morgan fingerprint density at radius 2 is 1.38 bits per heavy atom. The number of ether oxygens (including phenoxy) is 1. The number of anilines is 1. The predicted molar refractivity (Wildman–Crippen MR) is 129 cm³/mol. The van der Waals surface area contributed by atoms with Gasteiger partial charge in [-0.05, 0) is 47.5 Å². The van der Waals surface area contributed by atoms with Gasteiger partial charge in [-0.25, -0.2) is 8.42 Å². The average Bonchev–Trinajstić information content (AvgIpc) is 3.40. The Morgan fingerprint density at radius 1 is 0.765 bits per heavy atom. The SMILES string of the molecule is COc1ccc(-c2nnc(N3CCN(S(=O)(=O)c4ccc(-c5ccccc5)cc4)CC3)o2)cc1. The molecule has 174 valence electrons. The van der Waals surface area contributed by atoms with Crippen LogP contribution in [0.15, 0.2) is 88.2 Å². The lowest BCUT2D eigenvalue weighted by molar-refractivity contribution is 0.372. The van der Waals surface area contributed by atoms with Gasteiger partial charge in [-0.2, -0.15) is 4.31 Å². The number of sulfonamides is 1. The normalized spacial score (nSPS) is 14.8. The molecule has 9 heteroatoms. The van der Waals surface area contributed by atoms with Gasteiger partial charge < -0.3 is 14.1 Å². The Hall–Kier alpha value is -3.69. The topological polar surface area (TPSA) is 88.8 Å². The van der Waals surface area contributed by atoms with Crippen LogP contribution in [0, 0.1) is 0 Å². The lowest BCUT2D eigenvalue weighted by atomic mass is 10.1. The molecule has 0 atom stereocenters. The zero-order valence-corrected chi connectivity index (χ0v) is 19.5. The highest BCUT2D eigenvalue weighted by molar-refractivity contribution is 7.89. The van der Waals surface area contributed by atoms with E-state index in [9.17, 15) is 8.42 Å². The molecule has 3 aromatic carbocycles. The molecule has 1 aliphatic rings. The van der Waals surface area contributed by atoms with E-state index in [4.69, 9.17) is 9.15 Å². The van der Waals surface area contributed by atoms with Gasteiger partial charge in [0, 0.05) is 31.7 Å². The van der Waals surface area contributed by atoms with E-state index < -0.39 is 10.0 Å². The van der Waals surface area contributed by atoms with Crippen molar-refractivity contribution < 1.29 is 17.6 Å². The van der Waals surface area contributed by atoms with Crippen LogP contribution >= 0.6 is 0 Å². The third-order valence-electron chi connectivity index (χ3n) is 5.86. The van der Waals surface area contributed by atoms with Gasteiger partial charge in [-0.1, -0.05) is 47.6 Å². The molecule has 0 unspecified atom stereocenters. The van der Waals surface area contributed by atoms with E-state index in [0.717, 1.165) is 22.4 Å². The molecular formula is C25H24N4O4S. The second-order valence-electron chi connectivity index (χ2n) is 7.90. The van der Waals surface area contributed by atoms with Crippen molar-refractivity contribution in [1.82, 2.24) is 14.5 Å². The van der Waals surface area contributed by atoms with Crippen molar-refractivity contribution in [1.29, 1.82) is 0 Å². The van der Waals surface area contributed by atoms with Crippen LogP contribution in [0.2, 0.25) is 0 Å². The first-order valence-electron chi connectivity index (χ1n) is 10.9. The Bertz CT molecular complexity index is 1350. The smallest absolute Gasteiger partial charge is 0.318 e. The molecule has 2 heterocycles. The average molecular weight is 477 g/mol. The molecule has 0 radical (unpaired) electrons. The largest absolute Gasteiger partial charge is 0.497 e. The van der Waals surface area contributed by atoms with Crippen molar-refractivity contribution in [2.24, 2.45) is 0 Å². The number of hydrogen-bond donors (Lipinski definition) is 0. The summed E-state index contributed by atoms with van der Waals surface area (Å²) >= 11 is 0. The van der Waals surface area contributed by atoms with Crippen LogP contribution in [-0.2, 0) is 10.0 Å². The first-order chi connectivity index (χ1) is 16.5. The minimum Gasteiger partial charge on any atom is -0.497 e. The van der Waals surface area contributed by atoms with Gasteiger partial charge in [-0.3, -0.25) is 0 Å². The summed E-state index contributed by atoms with van der Waals surface area (Å²) in [6.45, 7) is 1.60.